The fraction of sp³-hybridized carbons (Fsp3) is 0.217. The highest BCUT2D eigenvalue weighted by atomic mass is 19.1. The Morgan fingerprint density at radius 1 is 0.793 bits per heavy atom. The van der Waals surface area contributed by atoms with Crippen LogP contribution < -0.4 is 9.80 Å². The number of anilines is 2. The highest BCUT2D eigenvalue weighted by Gasteiger charge is 2.22. The van der Waals surface area contributed by atoms with E-state index in [1.165, 1.54) is 11.6 Å². The van der Waals surface area contributed by atoms with Crippen LogP contribution in [0.1, 0.15) is 5.56 Å². The predicted molar refractivity (Wildman–Crippen MR) is 114 cm³/mol. The van der Waals surface area contributed by atoms with Gasteiger partial charge >= 0.3 is 0 Å². The molecule has 4 aromatic rings. The van der Waals surface area contributed by atoms with Crippen LogP contribution in [0, 0.1) is 5.82 Å². The molecule has 0 radical (unpaired) electrons. The molecule has 1 aliphatic rings. The van der Waals surface area contributed by atoms with Crippen LogP contribution >= 0.6 is 0 Å². The Bertz CT molecular complexity index is 1120. The number of aromatic nitrogens is 3. The van der Waals surface area contributed by atoms with Crippen LogP contribution in [0.5, 0.6) is 0 Å². The highest BCUT2D eigenvalue weighted by Crippen LogP contribution is 2.27. The third-order valence-electron chi connectivity index (χ3n) is 5.50. The molecule has 0 amide bonds. The third-order valence-corrected chi connectivity index (χ3v) is 5.50. The summed E-state index contributed by atoms with van der Waals surface area (Å²) in [6, 6.07) is 19.4. The quantitative estimate of drug-likeness (QED) is 0.531. The van der Waals surface area contributed by atoms with Crippen molar-refractivity contribution in [3.05, 3.63) is 84.6 Å². The van der Waals surface area contributed by atoms with E-state index in [1.54, 1.807) is 12.4 Å². The first-order chi connectivity index (χ1) is 14.3. The van der Waals surface area contributed by atoms with Gasteiger partial charge in [0.05, 0.1) is 11.1 Å². The first kappa shape index (κ1) is 17.7. The summed E-state index contributed by atoms with van der Waals surface area (Å²) in [6.07, 6.45) is 3.72. The summed E-state index contributed by atoms with van der Waals surface area (Å²) in [6.45, 7) is 3.89. The maximum Gasteiger partial charge on any atom is 0.146 e. The van der Waals surface area contributed by atoms with Crippen molar-refractivity contribution in [2.45, 2.75) is 6.54 Å². The van der Waals surface area contributed by atoms with Crippen LogP contribution in [0.2, 0.25) is 0 Å². The predicted octanol–water partition coefficient (Wildman–Crippen LogP) is 3.95. The number of benzene rings is 2. The monoisotopic (exact) mass is 387 g/mol. The molecule has 1 aliphatic heterocycles. The minimum absolute atomic E-state index is 0.164. The van der Waals surface area contributed by atoms with Crippen LogP contribution in [0.3, 0.4) is 0 Å². The molecule has 29 heavy (non-hydrogen) atoms. The molecule has 2 aromatic heterocycles. The summed E-state index contributed by atoms with van der Waals surface area (Å²) in [5, 5.41) is 1.06. The molecule has 1 fully saturated rings. The van der Waals surface area contributed by atoms with Gasteiger partial charge in [0.25, 0.3) is 0 Å². The lowest BCUT2D eigenvalue weighted by molar-refractivity contribution is 0.596. The van der Waals surface area contributed by atoms with E-state index in [1.807, 2.05) is 18.2 Å². The average Bonchev–Trinajstić information content (AvgIpc) is 3.18. The van der Waals surface area contributed by atoms with Gasteiger partial charge in [-0.2, -0.15) is 0 Å². The van der Waals surface area contributed by atoms with Gasteiger partial charge in [0, 0.05) is 38.9 Å². The van der Waals surface area contributed by atoms with E-state index in [9.17, 15) is 4.39 Å². The number of fused-ring (bicyclic) bond motifs is 1. The van der Waals surface area contributed by atoms with Crippen molar-refractivity contribution in [1.29, 1.82) is 0 Å². The molecular formula is C23H22FN5. The molecule has 2 aromatic carbocycles. The Balaban J connectivity index is 1.37. The van der Waals surface area contributed by atoms with Gasteiger partial charge in [-0.25, -0.2) is 14.4 Å². The maximum atomic E-state index is 14.1. The Kier molecular flexibility index (Phi) is 4.60. The molecule has 0 bridgehead atoms. The second-order valence-corrected chi connectivity index (χ2v) is 7.29. The Morgan fingerprint density at radius 3 is 2.31 bits per heavy atom. The van der Waals surface area contributed by atoms with E-state index < -0.39 is 0 Å². The van der Waals surface area contributed by atoms with Crippen LogP contribution in [-0.2, 0) is 6.54 Å². The lowest BCUT2D eigenvalue weighted by Gasteiger charge is -2.37. The summed E-state index contributed by atoms with van der Waals surface area (Å²) in [5.74, 6) is 0.790. The second-order valence-electron chi connectivity index (χ2n) is 7.29. The number of hydrogen-bond donors (Lipinski definition) is 0. The van der Waals surface area contributed by atoms with E-state index in [4.69, 9.17) is 0 Å². The van der Waals surface area contributed by atoms with E-state index in [0.717, 1.165) is 49.6 Å². The molecule has 0 unspecified atom stereocenters. The molecule has 0 atom stereocenters. The highest BCUT2D eigenvalue weighted by molar-refractivity contribution is 5.88. The Morgan fingerprint density at radius 2 is 1.52 bits per heavy atom. The molecule has 6 heteroatoms. The molecular weight excluding hydrogens is 365 g/mol. The second kappa shape index (κ2) is 7.54. The van der Waals surface area contributed by atoms with Crippen LogP contribution in [-0.4, -0.2) is 40.7 Å². The van der Waals surface area contributed by atoms with Gasteiger partial charge in [0.2, 0.25) is 0 Å². The molecule has 0 spiro atoms. The molecule has 1 saturated heterocycles. The number of rotatable bonds is 4. The molecule has 146 valence electrons. The first-order valence-corrected chi connectivity index (χ1v) is 9.88. The van der Waals surface area contributed by atoms with Gasteiger partial charge in [-0.15, -0.1) is 0 Å². The summed E-state index contributed by atoms with van der Waals surface area (Å²) in [5.41, 5.74) is 2.85. The molecule has 0 saturated carbocycles. The minimum Gasteiger partial charge on any atom is -0.366 e. The van der Waals surface area contributed by atoms with Gasteiger partial charge in [-0.05, 0) is 23.8 Å². The molecule has 5 nitrogen and oxygen atoms in total. The van der Waals surface area contributed by atoms with Crippen molar-refractivity contribution in [3.8, 4) is 0 Å². The fourth-order valence-corrected chi connectivity index (χ4v) is 4.02. The van der Waals surface area contributed by atoms with Gasteiger partial charge in [-0.1, -0.05) is 42.5 Å². The van der Waals surface area contributed by atoms with Crippen molar-refractivity contribution in [2.75, 3.05) is 36.0 Å². The number of piperazine rings is 1. The number of nitrogens with zero attached hydrogens (tertiary/aromatic N) is 5. The maximum absolute atomic E-state index is 14.1. The lowest BCUT2D eigenvalue weighted by Crippen LogP contribution is -2.47. The SMILES string of the molecule is Fc1ccccc1N1CCN(c2ncnc3c2ccn3Cc2ccccc2)CC1. The number of hydrogen-bond acceptors (Lipinski definition) is 4. The average molecular weight is 387 g/mol. The first-order valence-electron chi connectivity index (χ1n) is 9.88. The smallest absolute Gasteiger partial charge is 0.146 e. The van der Waals surface area contributed by atoms with E-state index in [-0.39, 0.29) is 5.82 Å². The molecule has 0 aliphatic carbocycles. The van der Waals surface area contributed by atoms with Gasteiger partial charge in [-0.3, -0.25) is 0 Å². The zero-order chi connectivity index (χ0) is 19.6. The lowest BCUT2D eigenvalue weighted by atomic mass is 10.2. The minimum atomic E-state index is -0.164. The van der Waals surface area contributed by atoms with Gasteiger partial charge in [0.1, 0.15) is 23.6 Å². The van der Waals surface area contributed by atoms with Crippen LogP contribution in [0.25, 0.3) is 11.0 Å². The van der Waals surface area contributed by atoms with E-state index in [0.29, 0.717) is 5.69 Å². The van der Waals surface area contributed by atoms with E-state index >= 15 is 0 Å². The van der Waals surface area contributed by atoms with Crippen molar-refractivity contribution in [2.24, 2.45) is 0 Å². The molecule has 0 N–H and O–H groups in total. The molecule has 3 heterocycles. The molecule has 5 rings (SSSR count). The van der Waals surface area contributed by atoms with Crippen molar-refractivity contribution < 1.29 is 4.39 Å². The standard InChI is InChI=1S/C23H22FN5/c24-20-8-4-5-9-21(20)27-12-14-28(15-13-27)22-19-10-11-29(23(19)26-17-25-22)16-18-6-2-1-3-7-18/h1-11,17H,12-16H2. The largest absolute Gasteiger partial charge is 0.366 e. The van der Waals surface area contributed by atoms with Crippen molar-refractivity contribution in [3.63, 3.8) is 0 Å². The normalized spacial score (nSPS) is 14.5. The Labute approximate surface area is 169 Å². The zero-order valence-electron chi connectivity index (χ0n) is 16.1. The van der Waals surface area contributed by atoms with Gasteiger partial charge < -0.3 is 14.4 Å². The number of halogens is 1. The summed E-state index contributed by atoms with van der Waals surface area (Å²) in [4.78, 5) is 13.5. The zero-order valence-corrected chi connectivity index (χ0v) is 16.1. The van der Waals surface area contributed by atoms with Crippen LogP contribution in [0.15, 0.2) is 73.2 Å². The summed E-state index contributed by atoms with van der Waals surface area (Å²) < 4.78 is 16.3. The van der Waals surface area contributed by atoms with E-state index in [2.05, 4.69) is 60.9 Å². The van der Waals surface area contributed by atoms with Crippen molar-refractivity contribution in [1.82, 2.24) is 14.5 Å². The number of para-hydroxylation sites is 1. The van der Waals surface area contributed by atoms with Crippen LogP contribution in [0.4, 0.5) is 15.9 Å². The summed E-state index contributed by atoms with van der Waals surface area (Å²) in [7, 11) is 0. The topological polar surface area (TPSA) is 37.2 Å². The van der Waals surface area contributed by atoms with Gasteiger partial charge in [0.15, 0.2) is 0 Å². The Hall–Kier alpha value is -3.41. The third kappa shape index (κ3) is 3.42. The summed E-state index contributed by atoms with van der Waals surface area (Å²) >= 11 is 0. The fourth-order valence-electron chi connectivity index (χ4n) is 4.02. The van der Waals surface area contributed by atoms with Crippen molar-refractivity contribution >= 4 is 22.5 Å².